The van der Waals surface area contributed by atoms with Gasteiger partial charge in [-0.15, -0.1) is 0 Å². The highest BCUT2D eigenvalue weighted by Gasteiger charge is 2.31. The third-order valence-electron chi connectivity index (χ3n) is 5.55. The van der Waals surface area contributed by atoms with E-state index >= 15 is 0 Å². The highest BCUT2D eigenvalue weighted by Crippen LogP contribution is 2.21. The van der Waals surface area contributed by atoms with E-state index in [2.05, 4.69) is 29.4 Å². The zero-order valence-electron chi connectivity index (χ0n) is 17.6. The van der Waals surface area contributed by atoms with Crippen LogP contribution in [0.2, 0.25) is 0 Å². The number of morpholine rings is 1. The molecular formula is C23H30FN3O3. The van der Waals surface area contributed by atoms with Crippen LogP contribution in [0.5, 0.6) is 5.75 Å². The molecule has 0 aliphatic carbocycles. The molecule has 0 unspecified atom stereocenters. The second kappa shape index (κ2) is 10.4. The third kappa shape index (κ3) is 6.18. The van der Waals surface area contributed by atoms with Crippen molar-refractivity contribution in [3.8, 4) is 5.75 Å². The summed E-state index contributed by atoms with van der Waals surface area (Å²) >= 11 is 0. The molecular weight excluding hydrogens is 385 g/mol. The summed E-state index contributed by atoms with van der Waals surface area (Å²) in [6, 6.07) is 13.2. The number of carbonyl (C=O) groups is 1. The zero-order chi connectivity index (χ0) is 21.4. The summed E-state index contributed by atoms with van der Waals surface area (Å²) in [6.45, 7) is 8.30. The monoisotopic (exact) mass is 415 g/mol. The first-order valence-corrected chi connectivity index (χ1v) is 10.3. The first-order valence-electron chi connectivity index (χ1n) is 10.3. The van der Waals surface area contributed by atoms with Gasteiger partial charge < -0.3 is 20.1 Å². The van der Waals surface area contributed by atoms with E-state index in [0.717, 1.165) is 38.3 Å². The van der Waals surface area contributed by atoms with Crippen LogP contribution in [0, 0.1) is 5.82 Å². The molecule has 1 atom stereocenters. The van der Waals surface area contributed by atoms with Gasteiger partial charge in [-0.1, -0.05) is 25.1 Å². The minimum atomic E-state index is -0.292. The maximum Gasteiger partial charge on any atom is 0.319 e. The number of amides is 2. The fraction of sp³-hybridized carbons (Fsp3) is 0.435. The predicted molar refractivity (Wildman–Crippen MR) is 115 cm³/mol. The number of hydrogen-bond donors (Lipinski definition) is 2. The maximum atomic E-state index is 13.3. The number of nitrogens with zero attached hydrogens (tertiary/aromatic N) is 1. The first kappa shape index (κ1) is 22.1. The van der Waals surface area contributed by atoms with Crippen LogP contribution in [0.1, 0.15) is 25.8 Å². The van der Waals surface area contributed by atoms with E-state index < -0.39 is 0 Å². The Hall–Kier alpha value is -2.64. The number of ether oxygens (including phenoxy) is 2. The standard InChI is InChI=1S/C23H30FN3O3/c1-3-23(2,27-10-12-29-13-11-27)17-25-22(28)26-20-8-5-9-21(15-20)30-16-18-6-4-7-19(24)14-18/h4-9,14-15H,3,10-13,16-17H2,1-2H3,(H2,25,26,28)/t23-/m1/s1. The van der Waals surface area contributed by atoms with E-state index in [-0.39, 0.29) is 24.0 Å². The van der Waals surface area contributed by atoms with Crippen LogP contribution < -0.4 is 15.4 Å². The van der Waals surface area contributed by atoms with E-state index in [1.807, 2.05) is 0 Å². The van der Waals surface area contributed by atoms with Crippen molar-refractivity contribution in [3.05, 3.63) is 59.9 Å². The highest BCUT2D eigenvalue weighted by molar-refractivity contribution is 5.89. The third-order valence-corrected chi connectivity index (χ3v) is 5.55. The molecule has 0 aromatic heterocycles. The second-order valence-electron chi connectivity index (χ2n) is 7.70. The summed E-state index contributed by atoms with van der Waals surface area (Å²) in [5, 5.41) is 5.84. The van der Waals surface area contributed by atoms with Crippen LogP contribution in [-0.4, -0.2) is 49.3 Å². The lowest BCUT2D eigenvalue weighted by Crippen LogP contribution is -2.57. The molecule has 6 nitrogen and oxygen atoms in total. The smallest absolute Gasteiger partial charge is 0.319 e. The Bertz CT molecular complexity index is 842. The molecule has 2 aromatic carbocycles. The maximum absolute atomic E-state index is 13.3. The fourth-order valence-electron chi connectivity index (χ4n) is 3.47. The molecule has 1 aliphatic rings. The number of benzene rings is 2. The number of nitrogens with one attached hydrogen (secondary N) is 2. The van der Waals surface area contributed by atoms with Crippen LogP contribution in [0.3, 0.4) is 0 Å². The topological polar surface area (TPSA) is 62.8 Å². The molecule has 0 radical (unpaired) electrons. The normalized spacial score (nSPS) is 16.5. The van der Waals surface area contributed by atoms with Crippen molar-refractivity contribution < 1.29 is 18.7 Å². The minimum absolute atomic E-state index is 0.114. The van der Waals surface area contributed by atoms with Gasteiger partial charge in [0.2, 0.25) is 0 Å². The predicted octanol–water partition coefficient (Wildman–Crippen LogP) is 4.03. The van der Waals surface area contributed by atoms with Crippen molar-refractivity contribution in [1.82, 2.24) is 10.2 Å². The average Bonchev–Trinajstić information content (AvgIpc) is 2.77. The lowest BCUT2D eigenvalue weighted by Gasteiger charge is -2.43. The Morgan fingerprint density at radius 2 is 1.97 bits per heavy atom. The van der Waals surface area contributed by atoms with Crippen LogP contribution in [0.15, 0.2) is 48.5 Å². The molecule has 2 aromatic rings. The van der Waals surface area contributed by atoms with Gasteiger partial charge in [-0.2, -0.15) is 0 Å². The van der Waals surface area contributed by atoms with Gasteiger partial charge in [0.15, 0.2) is 0 Å². The molecule has 2 amide bonds. The Labute approximate surface area is 177 Å². The van der Waals surface area contributed by atoms with Gasteiger partial charge in [0, 0.05) is 36.9 Å². The first-order chi connectivity index (χ1) is 14.5. The van der Waals surface area contributed by atoms with Crippen molar-refractivity contribution in [1.29, 1.82) is 0 Å². The lowest BCUT2D eigenvalue weighted by atomic mass is 9.95. The molecule has 1 fully saturated rings. The lowest BCUT2D eigenvalue weighted by molar-refractivity contribution is -0.0163. The van der Waals surface area contributed by atoms with Gasteiger partial charge in [0.05, 0.1) is 13.2 Å². The van der Waals surface area contributed by atoms with Crippen molar-refractivity contribution in [2.24, 2.45) is 0 Å². The summed E-state index contributed by atoms with van der Waals surface area (Å²) in [6.07, 6.45) is 0.927. The summed E-state index contributed by atoms with van der Waals surface area (Å²) in [4.78, 5) is 14.8. The van der Waals surface area contributed by atoms with Crippen molar-refractivity contribution in [2.75, 3.05) is 38.2 Å². The van der Waals surface area contributed by atoms with Crippen molar-refractivity contribution in [3.63, 3.8) is 0 Å². The second-order valence-corrected chi connectivity index (χ2v) is 7.70. The summed E-state index contributed by atoms with van der Waals surface area (Å²) in [7, 11) is 0. The van der Waals surface area contributed by atoms with Gasteiger partial charge in [-0.3, -0.25) is 4.90 Å². The van der Waals surface area contributed by atoms with Crippen LogP contribution in [-0.2, 0) is 11.3 Å². The van der Waals surface area contributed by atoms with E-state index in [1.165, 1.54) is 12.1 Å². The molecule has 162 valence electrons. The highest BCUT2D eigenvalue weighted by atomic mass is 19.1. The van der Waals surface area contributed by atoms with E-state index in [9.17, 15) is 9.18 Å². The van der Waals surface area contributed by atoms with Gasteiger partial charge in [-0.25, -0.2) is 9.18 Å². The molecule has 0 saturated carbocycles. The van der Waals surface area contributed by atoms with Crippen LogP contribution >= 0.6 is 0 Å². The largest absolute Gasteiger partial charge is 0.489 e. The number of hydrogen-bond acceptors (Lipinski definition) is 4. The quantitative estimate of drug-likeness (QED) is 0.683. The Balaban J connectivity index is 1.51. The van der Waals surface area contributed by atoms with Gasteiger partial charge in [-0.05, 0) is 43.2 Å². The number of rotatable bonds is 8. The molecule has 2 N–H and O–H groups in total. The fourth-order valence-corrected chi connectivity index (χ4v) is 3.47. The number of carbonyl (C=O) groups excluding carboxylic acids is 1. The SMILES string of the molecule is CC[C@](C)(CNC(=O)Nc1cccc(OCc2cccc(F)c2)c1)N1CCOCC1. The van der Waals surface area contributed by atoms with Crippen molar-refractivity contribution >= 4 is 11.7 Å². The van der Waals surface area contributed by atoms with Crippen LogP contribution in [0.25, 0.3) is 0 Å². The molecule has 30 heavy (non-hydrogen) atoms. The van der Waals surface area contributed by atoms with E-state index in [0.29, 0.717) is 18.0 Å². The molecule has 1 heterocycles. The zero-order valence-corrected chi connectivity index (χ0v) is 17.6. The van der Waals surface area contributed by atoms with Crippen LogP contribution in [0.4, 0.5) is 14.9 Å². The number of urea groups is 1. The minimum Gasteiger partial charge on any atom is -0.489 e. The Kier molecular flexibility index (Phi) is 7.65. The number of anilines is 1. The molecule has 0 spiro atoms. The Morgan fingerprint density at radius 3 is 2.70 bits per heavy atom. The van der Waals surface area contributed by atoms with Gasteiger partial charge >= 0.3 is 6.03 Å². The molecule has 3 rings (SSSR count). The summed E-state index contributed by atoms with van der Waals surface area (Å²) in [5.41, 5.74) is 1.26. The summed E-state index contributed by atoms with van der Waals surface area (Å²) in [5.74, 6) is 0.308. The average molecular weight is 416 g/mol. The van der Waals surface area contributed by atoms with E-state index in [4.69, 9.17) is 9.47 Å². The van der Waals surface area contributed by atoms with Gasteiger partial charge in [0.25, 0.3) is 0 Å². The van der Waals surface area contributed by atoms with Crippen molar-refractivity contribution in [2.45, 2.75) is 32.4 Å². The molecule has 1 saturated heterocycles. The number of halogens is 1. The Morgan fingerprint density at radius 1 is 1.20 bits per heavy atom. The van der Waals surface area contributed by atoms with Gasteiger partial charge in [0.1, 0.15) is 18.2 Å². The molecule has 7 heteroatoms. The van der Waals surface area contributed by atoms with E-state index in [1.54, 1.807) is 36.4 Å². The molecule has 0 bridgehead atoms. The molecule has 1 aliphatic heterocycles. The summed E-state index contributed by atoms with van der Waals surface area (Å²) < 4.78 is 24.4.